The van der Waals surface area contributed by atoms with Gasteiger partial charge in [0.15, 0.2) is 6.29 Å². The number of aromatic nitrogens is 1. The molecule has 0 spiro atoms. The average Bonchev–Trinajstić information content (AvgIpc) is 3.55. The number of hydrogen-bond acceptors (Lipinski definition) is 7. The third-order valence-electron chi connectivity index (χ3n) is 9.19. The van der Waals surface area contributed by atoms with Crippen LogP contribution in [0.2, 0.25) is 0 Å². The summed E-state index contributed by atoms with van der Waals surface area (Å²) in [5.41, 5.74) is 6.54. The van der Waals surface area contributed by atoms with E-state index in [1.807, 2.05) is 30.3 Å². The van der Waals surface area contributed by atoms with Gasteiger partial charge in [-0.3, -0.25) is 14.7 Å². The fourth-order valence-corrected chi connectivity index (χ4v) is 6.58. The first-order chi connectivity index (χ1) is 22.5. The second kappa shape index (κ2) is 15.1. The van der Waals surface area contributed by atoms with Crippen LogP contribution < -0.4 is 5.32 Å². The van der Waals surface area contributed by atoms with Gasteiger partial charge in [-0.25, -0.2) is 0 Å². The van der Waals surface area contributed by atoms with Crippen LogP contribution in [0.15, 0.2) is 97.3 Å². The lowest BCUT2D eigenvalue weighted by atomic mass is 9.89. The van der Waals surface area contributed by atoms with Crippen LogP contribution in [-0.4, -0.2) is 59.8 Å². The van der Waals surface area contributed by atoms with Crippen LogP contribution in [0.25, 0.3) is 11.1 Å². The van der Waals surface area contributed by atoms with Crippen molar-refractivity contribution >= 4 is 5.91 Å². The van der Waals surface area contributed by atoms with Crippen LogP contribution in [0.3, 0.4) is 0 Å². The molecule has 3 heterocycles. The van der Waals surface area contributed by atoms with Gasteiger partial charge in [-0.1, -0.05) is 67.6 Å². The van der Waals surface area contributed by atoms with Gasteiger partial charge in [0.05, 0.1) is 31.0 Å². The number of amides is 1. The molecule has 2 fully saturated rings. The molecule has 8 nitrogen and oxygen atoms in total. The molecule has 1 amide bonds. The molecule has 0 radical (unpaired) electrons. The lowest BCUT2D eigenvalue weighted by Crippen LogP contribution is -2.46. The minimum atomic E-state index is -0.547. The molecule has 240 valence electrons. The van der Waals surface area contributed by atoms with Gasteiger partial charge in [0.25, 0.3) is 5.91 Å². The Balaban J connectivity index is 1.23. The Morgan fingerprint density at radius 3 is 2.54 bits per heavy atom. The van der Waals surface area contributed by atoms with Gasteiger partial charge in [0.1, 0.15) is 0 Å². The van der Waals surface area contributed by atoms with Crippen LogP contribution in [0.1, 0.15) is 64.8 Å². The minimum Gasteiger partial charge on any atom is -0.392 e. The quantitative estimate of drug-likeness (QED) is 0.210. The van der Waals surface area contributed by atoms with E-state index in [1.165, 1.54) is 0 Å². The number of nitrogens with zero attached hydrogens (tertiary/aromatic N) is 2. The van der Waals surface area contributed by atoms with E-state index in [-0.39, 0.29) is 30.6 Å². The molecule has 4 aromatic rings. The van der Waals surface area contributed by atoms with Crippen molar-refractivity contribution in [1.82, 2.24) is 15.2 Å². The number of aliphatic hydroxyl groups excluding tert-OH is 1. The van der Waals surface area contributed by atoms with Gasteiger partial charge >= 0.3 is 0 Å². The van der Waals surface area contributed by atoms with Gasteiger partial charge in [-0.05, 0) is 71.5 Å². The molecule has 2 aliphatic heterocycles. The van der Waals surface area contributed by atoms with E-state index in [0.29, 0.717) is 18.2 Å². The van der Waals surface area contributed by atoms with E-state index < -0.39 is 6.29 Å². The number of aliphatic hydroxyl groups is 1. The minimum absolute atomic E-state index is 0.0104. The molecular formula is C38H43N3O5. The van der Waals surface area contributed by atoms with Crippen LogP contribution in [0.5, 0.6) is 0 Å². The highest BCUT2D eigenvalue weighted by Gasteiger charge is 2.40. The second-order valence-electron chi connectivity index (χ2n) is 12.3. The summed E-state index contributed by atoms with van der Waals surface area (Å²) in [6.45, 7) is 5.20. The molecule has 2 aliphatic rings. The van der Waals surface area contributed by atoms with Crippen LogP contribution in [0, 0.1) is 5.92 Å². The third kappa shape index (κ3) is 7.54. The standard InChI is InChI=1S/C38H43N3O5/c1-26-35(23-41-18-6-12-34(41)25-44-2)45-38(46-36(26)29-15-13-27(24-42)14-16-29)32-10-4-9-31(20-32)30-8-3-7-28(19-30)21-40-37(43)33-11-5-17-39-22-33/h3-5,7-11,13-17,19-20,22,26,34-36,38,42H,6,12,18,21,23-25H2,1-2H3,(H,40,43)/t26-,34-,35+,36+,38+/m0/s1. The Morgan fingerprint density at radius 2 is 1.78 bits per heavy atom. The van der Waals surface area contributed by atoms with E-state index in [1.54, 1.807) is 31.6 Å². The maximum absolute atomic E-state index is 12.6. The number of methoxy groups -OCH3 is 1. The zero-order valence-corrected chi connectivity index (χ0v) is 26.5. The molecule has 5 atom stereocenters. The molecule has 8 heteroatoms. The summed E-state index contributed by atoms with van der Waals surface area (Å²) in [6.07, 6.45) is 4.75. The molecule has 1 aromatic heterocycles. The van der Waals surface area contributed by atoms with Crippen molar-refractivity contribution in [3.63, 3.8) is 0 Å². The summed E-state index contributed by atoms with van der Waals surface area (Å²) < 4.78 is 19.1. The molecule has 0 unspecified atom stereocenters. The summed E-state index contributed by atoms with van der Waals surface area (Å²) in [4.78, 5) is 19.1. The summed E-state index contributed by atoms with van der Waals surface area (Å²) in [7, 11) is 1.77. The lowest BCUT2D eigenvalue weighted by Gasteiger charge is -2.43. The average molecular weight is 622 g/mol. The van der Waals surface area contributed by atoms with Gasteiger partial charge < -0.3 is 24.6 Å². The van der Waals surface area contributed by atoms with Gasteiger partial charge in [0, 0.05) is 50.1 Å². The Hall–Kier alpha value is -3.92. The smallest absolute Gasteiger partial charge is 0.253 e. The van der Waals surface area contributed by atoms with E-state index >= 15 is 0 Å². The number of carbonyl (C=O) groups is 1. The first kappa shape index (κ1) is 32.0. The molecule has 3 aromatic carbocycles. The SMILES string of the molecule is COC[C@@H]1CCCN1C[C@H]1O[C@@H](c2cccc(-c3cccc(CNC(=O)c4cccnc4)c3)c2)O[C@@H](c2ccc(CO)cc2)[C@H]1C. The Morgan fingerprint density at radius 1 is 0.978 bits per heavy atom. The van der Waals surface area contributed by atoms with Crippen LogP contribution in [0.4, 0.5) is 0 Å². The third-order valence-corrected chi connectivity index (χ3v) is 9.19. The molecule has 6 rings (SSSR count). The molecular weight excluding hydrogens is 578 g/mol. The first-order valence-electron chi connectivity index (χ1n) is 16.1. The van der Waals surface area contributed by atoms with Crippen molar-refractivity contribution in [2.45, 2.75) is 57.5 Å². The molecule has 0 aliphatic carbocycles. The highest BCUT2D eigenvalue weighted by atomic mass is 16.7. The zero-order chi connectivity index (χ0) is 31.9. The van der Waals surface area contributed by atoms with E-state index in [4.69, 9.17) is 14.2 Å². The van der Waals surface area contributed by atoms with Gasteiger partial charge in [-0.15, -0.1) is 0 Å². The normalized spacial score (nSPS) is 23.3. The number of nitrogens with one attached hydrogen (secondary N) is 1. The van der Waals surface area contributed by atoms with Crippen molar-refractivity contribution < 1.29 is 24.1 Å². The number of likely N-dealkylation sites (tertiary alicyclic amines) is 1. The number of benzene rings is 3. The van der Waals surface area contributed by atoms with Gasteiger partial charge in [-0.2, -0.15) is 0 Å². The largest absolute Gasteiger partial charge is 0.392 e. The lowest BCUT2D eigenvalue weighted by molar-refractivity contribution is -0.276. The Labute approximate surface area is 271 Å². The predicted molar refractivity (Wildman–Crippen MR) is 177 cm³/mol. The van der Waals surface area contributed by atoms with Crippen molar-refractivity contribution in [2.75, 3.05) is 26.8 Å². The first-order valence-corrected chi connectivity index (χ1v) is 16.1. The fraction of sp³-hybridized carbons (Fsp3) is 0.368. The summed E-state index contributed by atoms with van der Waals surface area (Å²) >= 11 is 0. The number of ether oxygens (including phenoxy) is 3. The van der Waals surface area contributed by atoms with Crippen molar-refractivity contribution in [2.24, 2.45) is 5.92 Å². The number of hydrogen-bond donors (Lipinski definition) is 2. The van der Waals surface area contributed by atoms with Crippen LogP contribution in [-0.2, 0) is 27.4 Å². The topological polar surface area (TPSA) is 93.2 Å². The maximum Gasteiger partial charge on any atom is 0.253 e. The molecule has 0 bridgehead atoms. The monoisotopic (exact) mass is 621 g/mol. The highest BCUT2D eigenvalue weighted by molar-refractivity contribution is 5.93. The number of pyridine rings is 1. The molecule has 2 N–H and O–H groups in total. The predicted octanol–water partition coefficient (Wildman–Crippen LogP) is 6.07. The van der Waals surface area contributed by atoms with Crippen molar-refractivity contribution in [3.05, 3.63) is 125 Å². The van der Waals surface area contributed by atoms with Crippen LogP contribution >= 0.6 is 0 Å². The van der Waals surface area contributed by atoms with Gasteiger partial charge in [0.2, 0.25) is 0 Å². The van der Waals surface area contributed by atoms with Crippen molar-refractivity contribution in [1.29, 1.82) is 0 Å². The Kier molecular flexibility index (Phi) is 10.5. The molecule has 46 heavy (non-hydrogen) atoms. The number of rotatable bonds is 11. The van der Waals surface area contributed by atoms with E-state index in [2.05, 4.69) is 64.6 Å². The van der Waals surface area contributed by atoms with Crippen molar-refractivity contribution in [3.8, 4) is 11.1 Å². The highest BCUT2D eigenvalue weighted by Crippen LogP contribution is 2.43. The molecule has 0 saturated carbocycles. The Bertz CT molecular complexity index is 1580. The summed E-state index contributed by atoms with van der Waals surface area (Å²) in [5, 5.41) is 12.6. The van der Waals surface area contributed by atoms with E-state index in [9.17, 15) is 9.90 Å². The summed E-state index contributed by atoms with van der Waals surface area (Å²) in [5.74, 6) is -0.0410. The maximum atomic E-state index is 12.6. The zero-order valence-electron chi connectivity index (χ0n) is 26.5. The second-order valence-corrected chi connectivity index (χ2v) is 12.3. The summed E-state index contributed by atoms with van der Waals surface area (Å²) in [6, 6.07) is 28.5. The number of carbonyl (C=O) groups excluding carboxylic acids is 1. The molecule has 2 saturated heterocycles. The van der Waals surface area contributed by atoms with E-state index in [0.717, 1.165) is 65.9 Å². The fourth-order valence-electron chi connectivity index (χ4n) is 6.58.